The van der Waals surface area contributed by atoms with Crippen molar-refractivity contribution in [3.63, 3.8) is 0 Å². The summed E-state index contributed by atoms with van der Waals surface area (Å²) < 4.78 is 7.36. The van der Waals surface area contributed by atoms with Gasteiger partial charge in [-0.15, -0.1) is 0 Å². The minimum atomic E-state index is -0.340. The van der Waals surface area contributed by atoms with Crippen molar-refractivity contribution in [2.75, 3.05) is 18.9 Å². The van der Waals surface area contributed by atoms with Crippen molar-refractivity contribution in [3.05, 3.63) is 34.3 Å². The van der Waals surface area contributed by atoms with Crippen molar-refractivity contribution >= 4 is 33.6 Å². The molecular weight excluding hydrogens is 340 g/mol. The molecule has 0 saturated heterocycles. The van der Waals surface area contributed by atoms with E-state index in [9.17, 15) is 9.59 Å². The molecule has 0 radical (unpaired) electrons. The van der Waals surface area contributed by atoms with Crippen LogP contribution in [0.1, 0.15) is 16.2 Å². The third kappa shape index (κ3) is 3.72. The first-order valence-corrected chi connectivity index (χ1v) is 6.96. The maximum absolute atomic E-state index is 12.2. The second-order valence-electron chi connectivity index (χ2n) is 4.69. The van der Waals surface area contributed by atoms with Gasteiger partial charge in [-0.1, -0.05) is 5.16 Å². The minimum absolute atomic E-state index is 0.0759. The van der Waals surface area contributed by atoms with E-state index in [2.05, 4.69) is 26.4 Å². The molecule has 2 aromatic heterocycles. The molecule has 0 unspecified atom stereocenters. The molecule has 112 valence electrons. The van der Waals surface area contributed by atoms with Crippen molar-refractivity contribution in [2.24, 2.45) is 7.05 Å². The number of likely N-dealkylation sites (N-methyl/N-ethyl adjacent to an activating group) is 1. The molecule has 1 N–H and O–H groups in total. The highest BCUT2D eigenvalue weighted by Gasteiger charge is 2.18. The summed E-state index contributed by atoms with van der Waals surface area (Å²) in [6.45, 7) is 1.65. The molecular formula is C13H15BrN4O3. The highest BCUT2D eigenvalue weighted by atomic mass is 79.9. The summed E-state index contributed by atoms with van der Waals surface area (Å²) in [4.78, 5) is 25.4. The Bertz CT molecular complexity index is 677. The van der Waals surface area contributed by atoms with Crippen LogP contribution >= 0.6 is 15.9 Å². The van der Waals surface area contributed by atoms with Crippen LogP contribution in [0.2, 0.25) is 0 Å². The Hall–Kier alpha value is -2.09. The first-order valence-electron chi connectivity index (χ1n) is 6.17. The van der Waals surface area contributed by atoms with E-state index in [4.69, 9.17) is 4.52 Å². The number of nitrogens with one attached hydrogen (secondary N) is 1. The number of carbonyl (C=O) groups is 2. The lowest BCUT2D eigenvalue weighted by atomic mass is 10.3. The van der Waals surface area contributed by atoms with E-state index >= 15 is 0 Å². The number of aryl methyl sites for hydroxylation is 2. The van der Waals surface area contributed by atoms with Gasteiger partial charge in [0.2, 0.25) is 5.91 Å². The molecule has 0 aromatic carbocycles. The molecule has 8 heteroatoms. The van der Waals surface area contributed by atoms with Gasteiger partial charge in [-0.2, -0.15) is 0 Å². The highest BCUT2D eigenvalue weighted by Crippen LogP contribution is 2.15. The summed E-state index contributed by atoms with van der Waals surface area (Å²) in [5.41, 5.74) is 0.495. The van der Waals surface area contributed by atoms with Gasteiger partial charge < -0.3 is 19.3 Å². The summed E-state index contributed by atoms with van der Waals surface area (Å²) in [7, 11) is 3.33. The van der Waals surface area contributed by atoms with Gasteiger partial charge in [0.15, 0.2) is 5.82 Å². The van der Waals surface area contributed by atoms with Gasteiger partial charge in [-0.25, -0.2) is 0 Å². The number of anilines is 1. The third-order valence-corrected chi connectivity index (χ3v) is 3.25. The Morgan fingerprint density at radius 2 is 2.19 bits per heavy atom. The summed E-state index contributed by atoms with van der Waals surface area (Å²) in [6, 6.07) is 3.31. The Morgan fingerprint density at radius 1 is 1.48 bits per heavy atom. The zero-order valence-corrected chi connectivity index (χ0v) is 13.5. The SMILES string of the molecule is Cc1cc(NC(=O)CN(C)C(=O)c2cc(Br)cn2C)no1. The van der Waals surface area contributed by atoms with Crippen LogP contribution in [-0.4, -0.2) is 40.0 Å². The number of rotatable bonds is 4. The lowest BCUT2D eigenvalue weighted by Crippen LogP contribution is -2.35. The van der Waals surface area contributed by atoms with E-state index < -0.39 is 0 Å². The maximum Gasteiger partial charge on any atom is 0.270 e. The third-order valence-electron chi connectivity index (χ3n) is 2.81. The van der Waals surface area contributed by atoms with E-state index in [1.807, 2.05) is 0 Å². The summed E-state index contributed by atoms with van der Waals surface area (Å²) in [5, 5.41) is 6.23. The van der Waals surface area contributed by atoms with E-state index in [1.54, 1.807) is 43.9 Å². The zero-order chi connectivity index (χ0) is 15.6. The van der Waals surface area contributed by atoms with Crippen molar-refractivity contribution in [1.82, 2.24) is 14.6 Å². The summed E-state index contributed by atoms with van der Waals surface area (Å²) >= 11 is 3.31. The normalized spacial score (nSPS) is 10.5. The first kappa shape index (κ1) is 15.3. The smallest absolute Gasteiger partial charge is 0.270 e. The fraction of sp³-hybridized carbons (Fsp3) is 0.308. The standard InChI is InChI=1S/C13H15BrN4O3/c1-8-4-11(16-21-8)15-12(19)7-18(3)13(20)10-5-9(14)6-17(10)2/h4-6H,7H2,1-3H3,(H,15,16,19). The number of halogens is 1. The number of aromatic nitrogens is 2. The van der Waals surface area contributed by atoms with Crippen LogP contribution < -0.4 is 5.32 Å². The molecule has 0 aliphatic heterocycles. The lowest BCUT2D eigenvalue weighted by Gasteiger charge is -2.16. The molecule has 2 rings (SSSR count). The fourth-order valence-corrected chi connectivity index (χ4v) is 2.35. The second kappa shape index (κ2) is 6.13. The van der Waals surface area contributed by atoms with E-state index in [-0.39, 0.29) is 18.4 Å². The number of nitrogens with zero attached hydrogens (tertiary/aromatic N) is 3. The van der Waals surface area contributed by atoms with Crippen molar-refractivity contribution in [1.29, 1.82) is 0 Å². The molecule has 0 bridgehead atoms. The Labute approximate surface area is 130 Å². The van der Waals surface area contributed by atoms with Crippen LogP contribution in [0.15, 0.2) is 27.3 Å². The minimum Gasteiger partial charge on any atom is -0.360 e. The second-order valence-corrected chi connectivity index (χ2v) is 5.60. The number of amides is 2. The van der Waals surface area contributed by atoms with E-state index in [0.717, 1.165) is 4.47 Å². The molecule has 0 spiro atoms. The lowest BCUT2D eigenvalue weighted by molar-refractivity contribution is -0.116. The molecule has 2 heterocycles. The van der Waals surface area contributed by atoms with Crippen LogP contribution in [0.25, 0.3) is 0 Å². The molecule has 2 aromatic rings. The molecule has 0 saturated carbocycles. The van der Waals surface area contributed by atoms with Gasteiger partial charge >= 0.3 is 0 Å². The van der Waals surface area contributed by atoms with Gasteiger partial charge in [-0.05, 0) is 28.9 Å². The van der Waals surface area contributed by atoms with Gasteiger partial charge in [-0.3, -0.25) is 9.59 Å². The summed E-state index contributed by atoms with van der Waals surface area (Å²) in [6.07, 6.45) is 1.78. The molecule has 0 aliphatic rings. The maximum atomic E-state index is 12.2. The Balaban J connectivity index is 1.97. The Kier molecular flexibility index (Phi) is 4.46. The van der Waals surface area contributed by atoms with Crippen molar-refractivity contribution in [3.8, 4) is 0 Å². The van der Waals surface area contributed by atoms with Crippen molar-refractivity contribution < 1.29 is 14.1 Å². The summed E-state index contributed by atoms with van der Waals surface area (Å²) in [5.74, 6) is 0.352. The van der Waals surface area contributed by atoms with Crippen LogP contribution in [-0.2, 0) is 11.8 Å². The van der Waals surface area contributed by atoms with Crippen molar-refractivity contribution in [2.45, 2.75) is 6.92 Å². The van der Waals surface area contributed by atoms with Crippen LogP contribution in [0.4, 0.5) is 5.82 Å². The average Bonchev–Trinajstić information content (AvgIpc) is 2.94. The fourth-order valence-electron chi connectivity index (χ4n) is 1.83. The number of hydrogen-bond acceptors (Lipinski definition) is 4. The molecule has 0 fully saturated rings. The number of hydrogen-bond donors (Lipinski definition) is 1. The highest BCUT2D eigenvalue weighted by molar-refractivity contribution is 9.10. The van der Waals surface area contributed by atoms with Crippen LogP contribution in [0.5, 0.6) is 0 Å². The van der Waals surface area contributed by atoms with Gasteiger partial charge in [0.1, 0.15) is 11.5 Å². The van der Waals surface area contributed by atoms with E-state index in [0.29, 0.717) is 17.3 Å². The Morgan fingerprint density at radius 3 is 2.71 bits per heavy atom. The van der Waals surface area contributed by atoms with Crippen LogP contribution in [0, 0.1) is 6.92 Å². The molecule has 7 nitrogen and oxygen atoms in total. The molecule has 0 atom stereocenters. The van der Waals surface area contributed by atoms with Gasteiger partial charge in [0.25, 0.3) is 5.91 Å². The van der Waals surface area contributed by atoms with Gasteiger partial charge in [0, 0.05) is 30.8 Å². The zero-order valence-electron chi connectivity index (χ0n) is 11.9. The van der Waals surface area contributed by atoms with Gasteiger partial charge in [0.05, 0.1) is 6.54 Å². The predicted octanol–water partition coefficient (Wildman–Crippen LogP) is 1.79. The monoisotopic (exact) mass is 354 g/mol. The predicted molar refractivity (Wildman–Crippen MR) is 79.9 cm³/mol. The topological polar surface area (TPSA) is 80.4 Å². The molecule has 21 heavy (non-hydrogen) atoms. The molecule has 0 aliphatic carbocycles. The van der Waals surface area contributed by atoms with E-state index in [1.165, 1.54) is 4.90 Å². The molecule has 2 amide bonds. The first-order chi connectivity index (χ1) is 9.86. The van der Waals surface area contributed by atoms with Crippen LogP contribution in [0.3, 0.4) is 0 Å². The quantitative estimate of drug-likeness (QED) is 0.907. The largest absolute Gasteiger partial charge is 0.360 e. The number of carbonyl (C=O) groups excluding carboxylic acids is 2. The average molecular weight is 355 g/mol.